The van der Waals surface area contributed by atoms with E-state index in [0.717, 1.165) is 62.1 Å². The van der Waals surface area contributed by atoms with Gasteiger partial charge in [-0.1, -0.05) is 17.7 Å². The molecule has 1 fully saturated rings. The molecule has 1 aromatic heterocycles. The van der Waals surface area contributed by atoms with Gasteiger partial charge in [-0.25, -0.2) is 9.48 Å². The monoisotopic (exact) mass is 398 g/mol. The average molecular weight is 399 g/mol. The van der Waals surface area contributed by atoms with Crippen LogP contribution in [0.4, 0.5) is 0 Å². The fraction of sp³-hybridized carbons (Fsp3) is 0.591. The summed E-state index contributed by atoms with van der Waals surface area (Å²) in [7, 11) is 1.63. The molecule has 1 saturated heterocycles. The van der Waals surface area contributed by atoms with E-state index in [1.54, 1.807) is 7.11 Å². The number of aryl methyl sites for hydroxylation is 2. The van der Waals surface area contributed by atoms with Crippen LogP contribution in [0, 0.1) is 12.3 Å². The van der Waals surface area contributed by atoms with Gasteiger partial charge in [-0.3, -0.25) is 9.36 Å². The fourth-order valence-corrected chi connectivity index (χ4v) is 4.63. The largest absolute Gasteiger partial charge is 0.383 e. The smallest absolute Gasteiger partial charge is 0.345 e. The van der Waals surface area contributed by atoms with E-state index in [0.29, 0.717) is 19.7 Å². The number of benzene rings is 1. The fourth-order valence-electron chi connectivity index (χ4n) is 4.63. The highest BCUT2D eigenvalue weighted by Crippen LogP contribution is 2.41. The van der Waals surface area contributed by atoms with Gasteiger partial charge in [0.1, 0.15) is 5.82 Å². The molecule has 0 bridgehead atoms. The first-order valence-electron chi connectivity index (χ1n) is 10.5. The van der Waals surface area contributed by atoms with Crippen LogP contribution in [0.15, 0.2) is 29.1 Å². The maximum Gasteiger partial charge on any atom is 0.345 e. The molecule has 0 saturated carbocycles. The maximum atomic E-state index is 12.8. The number of methoxy groups -OCH3 is 1. The van der Waals surface area contributed by atoms with Gasteiger partial charge in [0.25, 0.3) is 5.91 Å². The lowest BCUT2D eigenvalue weighted by Crippen LogP contribution is -2.43. The zero-order chi connectivity index (χ0) is 20.4. The molecule has 7 heteroatoms. The van der Waals surface area contributed by atoms with Gasteiger partial charge >= 0.3 is 5.69 Å². The molecular weight excluding hydrogens is 368 g/mol. The van der Waals surface area contributed by atoms with Crippen molar-refractivity contribution in [1.29, 1.82) is 0 Å². The summed E-state index contributed by atoms with van der Waals surface area (Å²) in [5, 5.41) is 4.54. The summed E-state index contributed by atoms with van der Waals surface area (Å²) in [6.45, 7) is 5.30. The van der Waals surface area contributed by atoms with Crippen LogP contribution in [0.5, 0.6) is 0 Å². The van der Waals surface area contributed by atoms with Crippen molar-refractivity contribution in [3.8, 4) is 0 Å². The Labute approximate surface area is 171 Å². The van der Waals surface area contributed by atoms with E-state index in [-0.39, 0.29) is 17.0 Å². The van der Waals surface area contributed by atoms with Crippen molar-refractivity contribution in [3.05, 3.63) is 51.7 Å². The molecule has 2 aromatic rings. The van der Waals surface area contributed by atoms with E-state index >= 15 is 0 Å². The lowest BCUT2D eigenvalue weighted by atomic mass is 9.72. The molecule has 3 heterocycles. The van der Waals surface area contributed by atoms with E-state index in [4.69, 9.17) is 4.74 Å². The summed E-state index contributed by atoms with van der Waals surface area (Å²) in [5.74, 6) is 1.02. The summed E-state index contributed by atoms with van der Waals surface area (Å²) >= 11 is 0. The van der Waals surface area contributed by atoms with Crippen LogP contribution in [0.2, 0.25) is 0 Å². The molecular formula is C22H30N4O3. The van der Waals surface area contributed by atoms with E-state index in [9.17, 15) is 9.59 Å². The third-order valence-corrected chi connectivity index (χ3v) is 6.66. The minimum atomic E-state index is -0.0268. The molecule has 1 spiro atoms. The van der Waals surface area contributed by atoms with Gasteiger partial charge in [0.05, 0.1) is 13.2 Å². The quantitative estimate of drug-likeness (QED) is 0.792. The number of nitrogens with zero attached hydrogens (tertiary/aromatic N) is 4. The van der Waals surface area contributed by atoms with Crippen LogP contribution < -0.4 is 5.69 Å². The number of carbonyl (C=O) groups excluding carboxylic acids is 1. The molecule has 7 nitrogen and oxygen atoms in total. The van der Waals surface area contributed by atoms with Crippen molar-refractivity contribution in [2.24, 2.45) is 5.41 Å². The lowest BCUT2D eigenvalue weighted by Gasteiger charge is -2.41. The van der Waals surface area contributed by atoms with E-state index in [1.165, 1.54) is 4.68 Å². The Bertz CT molecular complexity index is 921. The van der Waals surface area contributed by atoms with Gasteiger partial charge in [-0.15, -0.1) is 0 Å². The number of piperidine rings is 1. The summed E-state index contributed by atoms with van der Waals surface area (Å²) in [6.07, 6.45) is 4.81. The third kappa shape index (κ3) is 4.01. The maximum absolute atomic E-state index is 12.8. The van der Waals surface area contributed by atoms with Crippen LogP contribution in [-0.2, 0) is 24.2 Å². The van der Waals surface area contributed by atoms with Gasteiger partial charge in [0.15, 0.2) is 0 Å². The third-order valence-electron chi connectivity index (χ3n) is 6.66. The Balaban J connectivity index is 1.39. The molecule has 1 amide bonds. The molecule has 0 atom stereocenters. The second kappa shape index (κ2) is 8.14. The topological polar surface area (TPSA) is 69.4 Å². The summed E-state index contributed by atoms with van der Waals surface area (Å²) in [6, 6.07) is 7.82. The highest BCUT2D eigenvalue weighted by molar-refractivity contribution is 5.94. The SMILES string of the molecule is COCCn1nc2n(c1=O)CCC1(CC2)CCN(C(=O)c2ccc(C)cc2)CC1. The minimum absolute atomic E-state index is 0.0268. The molecule has 0 N–H and O–H groups in total. The Morgan fingerprint density at radius 2 is 1.79 bits per heavy atom. The normalized spacial score (nSPS) is 18.5. The number of hydrogen-bond donors (Lipinski definition) is 0. The van der Waals surface area contributed by atoms with Crippen molar-refractivity contribution in [3.63, 3.8) is 0 Å². The van der Waals surface area contributed by atoms with Crippen LogP contribution >= 0.6 is 0 Å². The summed E-state index contributed by atoms with van der Waals surface area (Å²) in [5.41, 5.74) is 2.11. The van der Waals surface area contributed by atoms with E-state index < -0.39 is 0 Å². The van der Waals surface area contributed by atoms with Crippen molar-refractivity contribution >= 4 is 5.91 Å². The molecule has 29 heavy (non-hydrogen) atoms. The second-order valence-corrected chi connectivity index (χ2v) is 8.47. The van der Waals surface area contributed by atoms with Gasteiger partial charge in [0.2, 0.25) is 0 Å². The number of amides is 1. The van der Waals surface area contributed by atoms with Crippen LogP contribution in [0.1, 0.15) is 47.4 Å². The molecule has 0 radical (unpaired) electrons. The first kappa shape index (κ1) is 19.9. The standard InChI is InChI=1S/C22H30N4O3/c1-17-3-5-18(6-4-17)20(27)24-12-9-22(10-13-24)8-7-19-23-26(15-16-29-2)21(28)25(19)14-11-22/h3-6H,7-16H2,1-2H3. The Morgan fingerprint density at radius 3 is 2.48 bits per heavy atom. The molecule has 1 aromatic carbocycles. The van der Waals surface area contributed by atoms with Crippen molar-refractivity contribution in [1.82, 2.24) is 19.2 Å². The Hall–Kier alpha value is -2.41. The molecule has 0 aliphatic carbocycles. The summed E-state index contributed by atoms with van der Waals surface area (Å²) in [4.78, 5) is 27.4. The predicted molar refractivity (Wildman–Crippen MR) is 110 cm³/mol. The Morgan fingerprint density at radius 1 is 1.10 bits per heavy atom. The van der Waals surface area contributed by atoms with E-state index in [2.05, 4.69) is 5.10 Å². The average Bonchev–Trinajstić information content (AvgIpc) is 2.93. The number of ether oxygens (including phenoxy) is 1. The van der Waals surface area contributed by atoms with Crippen LogP contribution in [0.25, 0.3) is 0 Å². The van der Waals surface area contributed by atoms with Gasteiger partial charge < -0.3 is 9.64 Å². The van der Waals surface area contributed by atoms with Crippen molar-refractivity contribution in [2.75, 3.05) is 26.8 Å². The van der Waals surface area contributed by atoms with E-state index in [1.807, 2.05) is 40.7 Å². The minimum Gasteiger partial charge on any atom is -0.383 e. The highest BCUT2D eigenvalue weighted by atomic mass is 16.5. The molecule has 4 rings (SSSR count). The first-order chi connectivity index (χ1) is 14.0. The van der Waals surface area contributed by atoms with Crippen LogP contribution in [-0.4, -0.2) is 52.0 Å². The molecule has 2 aliphatic heterocycles. The van der Waals surface area contributed by atoms with Gasteiger partial charge in [0, 0.05) is 38.7 Å². The number of fused-ring (bicyclic) bond motifs is 1. The molecule has 0 unspecified atom stereocenters. The van der Waals surface area contributed by atoms with Crippen LogP contribution in [0.3, 0.4) is 0 Å². The Kier molecular flexibility index (Phi) is 5.58. The predicted octanol–water partition coefficient (Wildman–Crippen LogP) is 2.26. The molecule has 2 aliphatic rings. The summed E-state index contributed by atoms with van der Waals surface area (Å²) < 4.78 is 8.44. The molecule has 156 valence electrons. The number of carbonyl (C=O) groups is 1. The van der Waals surface area contributed by atoms with Gasteiger partial charge in [-0.05, 0) is 50.2 Å². The van der Waals surface area contributed by atoms with Crippen molar-refractivity contribution < 1.29 is 9.53 Å². The zero-order valence-electron chi connectivity index (χ0n) is 17.4. The lowest BCUT2D eigenvalue weighted by molar-refractivity contribution is 0.0535. The second-order valence-electron chi connectivity index (χ2n) is 8.47. The first-order valence-corrected chi connectivity index (χ1v) is 10.5. The zero-order valence-corrected chi connectivity index (χ0v) is 17.4. The number of aromatic nitrogens is 3. The number of hydrogen-bond acceptors (Lipinski definition) is 4. The number of rotatable bonds is 4. The number of likely N-dealkylation sites (tertiary alicyclic amines) is 1. The van der Waals surface area contributed by atoms with Crippen molar-refractivity contribution in [2.45, 2.75) is 52.1 Å². The van der Waals surface area contributed by atoms with Gasteiger partial charge in [-0.2, -0.15) is 5.10 Å². The highest BCUT2D eigenvalue weighted by Gasteiger charge is 2.38.